The van der Waals surface area contributed by atoms with Gasteiger partial charge in [-0.15, -0.1) is 0 Å². The second-order valence-electron chi connectivity index (χ2n) is 3.08. The van der Waals surface area contributed by atoms with Gasteiger partial charge in [0.1, 0.15) is 12.1 Å². The van der Waals surface area contributed by atoms with Crippen LogP contribution in [0.25, 0.3) is 0 Å². The molecule has 0 spiro atoms. The van der Waals surface area contributed by atoms with E-state index in [4.69, 9.17) is 12.2 Å². The third kappa shape index (κ3) is 2.82. The van der Waals surface area contributed by atoms with Crippen LogP contribution in [0.3, 0.4) is 0 Å². The van der Waals surface area contributed by atoms with Gasteiger partial charge in [0.25, 0.3) is 0 Å². The third-order valence-corrected chi connectivity index (χ3v) is 3.39. The Labute approximate surface area is 118 Å². The highest BCUT2D eigenvalue weighted by atomic mass is 79.9. The SMILES string of the molecule is Oc1c(Br)cc(/C=N/n2cn[nH]c2=S)cc1Br. The molecule has 2 N–H and O–H groups in total. The number of H-pyrrole nitrogens is 1. The Balaban J connectivity index is 2.34. The highest BCUT2D eigenvalue weighted by Gasteiger charge is 2.04. The summed E-state index contributed by atoms with van der Waals surface area (Å²) in [6, 6.07) is 3.49. The molecule has 1 heterocycles. The summed E-state index contributed by atoms with van der Waals surface area (Å²) in [5.41, 5.74) is 0.810. The number of halogens is 2. The van der Waals surface area contributed by atoms with Crippen LogP contribution in [0.4, 0.5) is 0 Å². The zero-order valence-electron chi connectivity index (χ0n) is 8.26. The zero-order chi connectivity index (χ0) is 12.4. The fraction of sp³-hybridized carbons (Fsp3) is 0. The van der Waals surface area contributed by atoms with Crippen LogP contribution in [-0.4, -0.2) is 26.2 Å². The van der Waals surface area contributed by atoms with E-state index in [-0.39, 0.29) is 5.75 Å². The molecule has 2 rings (SSSR count). The molecule has 0 bridgehead atoms. The Bertz CT molecular complexity index is 611. The zero-order valence-corrected chi connectivity index (χ0v) is 12.3. The number of aromatic hydroxyl groups is 1. The van der Waals surface area contributed by atoms with Crippen LogP contribution in [0.1, 0.15) is 5.56 Å². The minimum absolute atomic E-state index is 0.155. The van der Waals surface area contributed by atoms with E-state index in [2.05, 4.69) is 47.2 Å². The molecule has 0 aliphatic rings. The number of nitrogens with zero attached hydrogens (tertiary/aromatic N) is 3. The quantitative estimate of drug-likeness (QED) is 0.624. The fourth-order valence-electron chi connectivity index (χ4n) is 1.11. The van der Waals surface area contributed by atoms with E-state index >= 15 is 0 Å². The smallest absolute Gasteiger partial charge is 0.216 e. The van der Waals surface area contributed by atoms with Gasteiger partial charge in [-0.2, -0.15) is 14.9 Å². The summed E-state index contributed by atoms with van der Waals surface area (Å²) in [5.74, 6) is 0.155. The second kappa shape index (κ2) is 5.11. The minimum Gasteiger partial charge on any atom is -0.506 e. The lowest BCUT2D eigenvalue weighted by molar-refractivity contribution is 0.468. The van der Waals surface area contributed by atoms with Crippen molar-refractivity contribution in [2.24, 2.45) is 5.10 Å². The van der Waals surface area contributed by atoms with E-state index in [0.717, 1.165) is 5.56 Å². The van der Waals surface area contributed by atoms with Crippen molar-refractivity contribution < 1.29 is 5.11 Å². The van der Waals surface area contributed by atoms with E-state index in [1.165, 1.54) is 11.0 Å². The largest absolute Gasteiger partial charge is 0.506 e. The van der Waals surface area contributed by atoms with Gasteiger partial charge in [-0.3, -0.25) is 5.10 Å². The van der Waals surface area contributed by atoms with Crippen LogP contribution in [0, 0.1) is 4.77 Å². The van der Waals surface area contributed by atoms with E-state index in [1.807, 2.05) is 0 Å². The fourth-order valence-corrected chi connectivity index (χ4v) is 2.48. The van der Waals surface area contributed by atoms with Crippen LogP contribution >= 0.6 is 44.1 Å². The maximum atomic E-state index is 9.55. The Morgan fingerprint density at radius 2 is 2.06 bits per heavy atom. The predicted octanol–water partition coefficient (Wildman–Crippen LogP) is 3.05. The molecular weight excluding hydrogens is 372 g/mol. The monoisotopic (exact) mass is 376 g/mol. The molecule has 0 amide bonds. The number of benzene rings is 1. The Morgan fingerprint density at radius 3 is 2.59 bits per heavy atom. The van der Waals surface area contributed by atoms with E-state index in [9.17, 15) is 5.11 Å². The summed E-state index contributed by atoms with van der Waals surface area (Å²) in [6.07, 6.45) is 3.09. The summed E-state index contributed by atoms with van der Waals surface area (Å²) in [4.78, 5) is 0. The molecule has 1 aromatic heterocycles. The van der Waals surface area contributed by atoms with Gasteiger partial charge in [0.15, 0.2) is 0 Å². The van der Waals surface area contributed by atoms with Crippen molar-refractivity contribution in [3.05, 3.63) is 37.7 Å². The second-order valence-corrected chi connectivity index (χ2v) is 5.18. The topological polar surface area (TPSA) is 66.2 Å². The third-order valence-electron chi connectivity index (χ3n) is 1.91. The molecule has 0 fully saturated rings. The molecule has 0 saturated heterocycles. The molecule has 0 aliphatic heterocycles. The molecule has 88 valence electrons. The first kappa shape index (κ1) is 12.5. The van der Waals surface area contributed by atoms with Crippen molar-refractivity contribution in [1.82, 2.24) is 14.9 Å². The molecular formula is C9H6Br2N4OS. The number of rotatable bonds is 2. The molecule has 0 unspecified atom stereocenters. The number of hydrogen-bond donors (Lipinski definition) is 2. The highest BCUT2D eigenvalue weighted by Crippen LogP contribution is 2.32. The van der Waals surface area contributed by atoms with Crippen molar-refractivity contribution in [3.63, 3.8) is 0 Å². The molecule has 1 aromatic carbocycles. The Morgan fingerprint density at radius 1 is 1.41 bits per heavy atom. The lowest BCUT2D eigenvalue weighted by Crippen LogP contribution is -1.89. The lowest BCUT2D eigenvalue weighted by Gasteiger charge is -2.01. The van der Waals surface area contributed by atoms with Gasteiger partial charge in [-0.25, -0.2) is 0 Å². The Kier molecular flexibility index (Phi) is 3.75. The number of phenols is 1. The summed E-state index contributed by atoms with van der Waals surface area (Å²) < 4.78 is 3.02. The normalized spacial score (nSPS) is 11.2. The van der Waals surface area contributed by atoms with Gasteiger partial charge in [0, 0.05) is 0 Å². The predicted molar refractivity (Wildman–Crippen MR) is 73.9 cm³/mol. The number of phenolic OH excluding ortho intramolecular Hbond substituents is 1. The average Bonchev–Trinajstić information content (AvgIpc) is 2.69. The maximum Gasteiger partial charge on any atom is 0.216 e. The summed E-state index contributed by atoms with van der Waals surface area (Å²) >= 11 is 11.4. The van der Waals surface area contributed by atoms with Crippen molar-refractivity contribution in [1.29, 1.82) is 0 Å². The van der Waals surface area contributed by atoms with Gasteiger partial charge < -0.3 is 5.11 Å². The maximum absolute atomic E-state index is 9.55. The van der Waals surface area contributed by atoms with Crippen molar-refractivity contribution in [2.45, 2.75) is 0 Å². The molecule has 0 atom stereocenters. The number of nitrogens with one attached hydrogen (secondary N) is 1. The van der Waals surface area contributed by atoms with Gasteiger partial charge in [-0.1, -0.05) is 0 Å². The molecule has 2 aromatic rings. The summed E-state index contributed by atoms with van der Waals surface area (Å²) in [7, 11) is 0. The van der Waals surface area contributed by atoms with Crippen LogP contribution < -0.4 is 0 Å². The van der Waals surface area contributed by atoms with E-state index < -0.39 is 0 Å². The Hall–Kier alpha value is -0.990. The molecule has 17 heavy (non-hydrogen) atoms. The van der Waals surface area contributed by atoms with Crippen LogP contribution in [0.5, 0.6) is 5.75 Å². The summed E-state index contributed by atoms with van der Waals surface area (Å²) in [6.45, 7) is 0. The number of hydrogen-bond acceptors (Lipinski definition) is 4. The molecule has 0 radical (unpaired) electrons. The van der Waals surface area contributed by atoms with Gasteiger partial charge in [0.05, 0.1) is 15.2 Å². The van der Waals surface area contributed by atoms with Crippen LogP contribution in [0.2, 0.25) is 0 Å². The van der Waals surface area contributed by atoms with E-state index in [1.54, 1.807) is 18.3 Å². The first-order valence-corrected chi connectivity index (χ1v) is 6.42. The van der Waals surface area contributed by atoms with Gasteiger partial charge in [0.2, 0.25) is 4.77 Å². The number of aromatic nitrogens is 3. The van der Waals surface area contributed by atoms with E-state index in [0.29, 0.717) is 13.7 Å². The van der Waals surface area contributed by atoms with Gasteiger partial charge in [-0.05, 0) is 61.8 Å². The summed E-state index contributed by atoms with van der Waals surface area (Å²) in [5, 5.41) is 20.0. The molecule has 0 saturated carbocycles. The highest BCUT2D eigenvalue weighted by molar-refractivity contribution is 9.11. The van der Waals surface area contributed by atoms with Crippen LogP contribution in [-0.2, 0) is 0 Å². The average molecular weight is 378 g/mol. The molecule has 5 nitrogen and oxygen atoms in total. The number of aromatic amines is 1. The first-order chi connectivity index (χ1) is 8.08. The molecule has 0 aliphatic carbocycles. The van der Waals surface area contributed by atoms with Crippen molar-refractivity contribution >= 4 is 50.3 Å². The molecule has 8 heteroatoms. The van der Waals surface area contributed by atoms with Gasteiger partial charge >= 0.3 is 0 Å². The standard InChI is InChI=1S/C9H6Br2N4OS/c10-6-1-5(2-7(11)8(6)16)3-13-15-4-12-14-9(15)17/h1-4,16H,(H,14,17)/b13-3+. The van der Waals surface area contributed by atoms with Crippen molar-refractivity contribution in [2.75, 3.05) is 0 Å². The van der Waals surface area contributed by atoms with Crippen molar-refractivity contribution in [3.8, 4) is 5.75 Å². The minimum atomic E-state index is 0.155. The van der Waals surface area contributed by atoms with Crippen LogP contribution in [0.15, 0.2) is 32.5 Å². The first-order valence-electron chi connectivity index (χ1n) is 4.42. The lowest BCUT2D eigenvalue weighted by atomic mass is 10.2.